The van der Waals surface area contributed by atoms with E-state index < -0.39 is 17.9 Å². The number of amides is 1. The fourth-order valence-electron chi connectivity index (χ4n) is 2.21. The molecule has 0 saturated carbocycles. The standard InChI is InChI=1S/C19H22N2O5S/c1-27-11-9-16(19(24)26-12-17(22)15-8-5-10-20-15)21-18(23)13-25-14-6-3-2-4-7-14/h2-8,10,16,20H,9,11-13H2,1H3,(H,21,23)/t16-/m1/s1. The summed E-state index contributed by atoms with van der Waals surface area (Å²) in [6.07, 6.45) is 3.91. The Morgan fingerprint density at radius 1 is 1.11 bits per heavy atom. The van der Waals surface area contributed by atoms with Crippen LogP contribution in [0.2, 0.25) is 0 Å². The highest BCUT2D eigenvalue weighted by atomic mass is 32.2. The third-order valence-electron chi connectivity index (χ3n) is 3.59. The number of H-pyrrole nitrogens is 1. The maximum absolute atomic E-state index is 12.3. The number of hydrogen-bond acceptors (Lipinski definition) is 6. The number of carbonyl (C=O) groups is 3. The summed E-state index contributed by atoms with van der Waals surface area (Å²) in [7, 11) is 0. The van der Waals surface area contributed by atoms with E-state index in [1.807, 2.05) is 12.3 Å². The Bertz CT molecular complexity index is 734. The molecule has 0 unspecified atom stereocenters. The second-order valence-electron chi connectivity index (χ2n) is 5.62. The Kier molecular flexibility index (Phi) is 8.44. The number of esters is 1. The van der Waals surface area contributed by atoms with Crippen LogP contribution in [0.5, 0.6) is 5.75 Å². The lowest BCUT2D eigenvalue weighted by molar-refractivity contribution is -0.147. The molecular formula is C19H22N2O5S. The summed E-state index contributed by atoms with van der Waals surface area (Å²) in [5.74, 6) is -0.192. The molecule has 0 aliphatic carbocycles. The fraction of sp³-hybridized carbons (Fsp3) is 0.316. The molecule has 0 bridgehead atoms. The van der Waals surface area contributed by atoms with Crippen LogP contribution in [-0.2, 0) is 14.3 Å². The van der Waals surface area contributed by atoms with Gasteiger partial charge in [0.1, 0.15) is 11.8 Å². The van der Waals surface area contributed by atoms with E-state index in [1.54, 1.807) is 54.4 Å². The number of thioether (sulfide) groups is 1. The summed E-state index contributed by atoms with van der Waals surface area (Å²) in [6.45, 7) is -0.597. The number of ketones is 1. The molecule has 1 aromatic heterocycles. The molecule has 1 atom stereocenters. The Labute approximate surface area is 161 Å². The van der Waals surface area contributed by atoms with Crippen LogP contribution >= 0.6 is 11.8 Å². The lowest BCUT2D eigenvalue weighted by Gasteiger charge is -2.17. The molecular weight excluding hydrogens is 368 g/mol. The maximum atomic E-state index is 12.3. The van der Waals surface area contributed by atoms with Gasteiger partial charge in [0.05, 0.1) is 5.69 Å². The van der Waals surface area contributed by atoms with Crippen LogP contribution in [-0.4, -0.2) is 53.9 Å². The van der Waals surface area contributed by atoms with Gasteiger partial charge in [0.25, 0.3) is 5.91 Å². The highest BCUT2D eigenvalue weighted by molar-refractivity contribution is 7.98. The minimum absolute atomic E-state index is 0.214. The van der Waals surface area contributed by atoms with Gasteiger partial charge in [0.2, 0.25) is 5.78 Å². The van der Waals surface area contributed by atoms with Crippen molar-refractivity contribution < 1.29 is 23.9 Å². The summed E-state index contributed by atoms with van der Waals surface area (Å²) >= 11 is 1.54. The van der Waals surface area contributed by atoms with Crippen LogP contribution in [0.3, 0.4) is 0 Å². The summed E-state index contributed by atoms with van der Waals surface area (Å²) < 4.78 is 10.4. The Morgan fingerprint density at radius 3 is 2.56 bits per heavy atom. The van der Waals surface area contributed by atoms with Crippen molar-refractivity contribution in [2.75, 3.05) is 25.2 Å². The number of para-hydroxylation sites is 1. The van der Waals surface area contributed by atoms with Crippen molar-refractivity contribution in [2.24, 2.45) is 0 Å². The van der Waals surface area contributed by atoms with Crippen molar-refractivity contribution in [2.45, 2.75) is 12.5 Å². The Morgan fingerprint density at radius 2 is 1.89 bits per heavy atom. The van der Waals surface area contributed by atoms with E-state index >= 15 is 0 Å². The molecule has 1 amide bonds. The van der Waals surface area contributed by atoms with E-state index in [4.69, 9.17) is 9.47 Å². The molecule has 2 N–H and O–H groups in total. The largest absolute Gasteiger partial charge is 0.484 e. The number of ether oxygens (including phenoxy) is 2. The van der Waals surface area contributed by atoms with Gasteiger partial charge in [-0.2, -0.15) is 11.8 Å². The minimum atomic E-state index is -0.833. The predicted octanol–water partition coefficient (Wildman–Crippen LogP) is 2.06. The average Bonchev–Trinajstić information content (AvgIpc) is 3.23. The van der Waals surface area contributed by atoms with Crippen molar-refractivity contribution in [3.63, 3.8) is 0 Å². The molecule has 0 radical (unpaired) electrons. The number of aromatic nitrogens is 1. The van der Waals surface area contributed by atoms with Crippen molar-refractivity contribution >= 4 is 29.4 Å². The van der Waals surface area contributed by atoms with Gasteiger partial charge in [-0.1, -0.05) is 18.2 Å². The first-order valence-electron chi connectivity index (χ1n) is 8.39. The second kappa shape index (κ2) is 11.1. The summed E-state index contributed by atoms with van der Waals surface area (Å²) in [6, 6.07) is 11.4. The molecule has 1 aromatic carbocycles. The zero-order valence-corrected chi connectivity index (χ0v) is 15.8. The lowest BCUT2D eigenvalue weighted by atomic mass is 10.2. The van der Waals surface area contributed by atoms with Gasteiger partial charge in [-0.25, -0.2) is 4.79 Å². The van der Waals surface area contributed by atoms with Crippen molar-refractivity contribution in [3.05, 3.63) is 54.4 Å². The molecule has 2 aromatic rings. The smallest absolute Gasteiger partial charge is 0.329 e. The zero-order valence-electron chi connectivity index (χ0n) is 15.0. The SMILES string of the molecule is CSCC[C@@H](NC(=O)COc1ccccc1)C(=O)OCC(=O)c1ccc[nH]1. The molecule has 7 nitrogen and oxygen atoms in total. The van der Waals surface area contributed by atoms with Gasteiger partial charge in [0.15, 0.2) is 13.2 Å². The van der Waals surface area contributed by atoms with Crippen molar-refractivity contribution in [3.8, 4) is 5.75 Å². The van der Waals surface area contributed by atoms with E-state index in [0.29, 0.717) is 23.6 Å². The van der Waals surface area contributed by atoms with Gasteiger partial charge < -0.3 is 19.8 Å². The van der Waals surface area contributed by atoms with Gasteiger partial charge in [0, 0.05) is 6.20 Å². The Balaban J connectivity index is 1.83. The number of benzene rings is 1. The van der Waals surface area contributed by atoms with Crippen LogP contribution in [0, 0.1) is 0 Å². The minimum Gasteiger partial charge on any atom is -0.484 e. The van der Waals surface area contributed by atoms with Crippen molar-refractivity contribution in [1.29, 1.82) is 0 Å². The molecule has 27 heavy (non-hydrogen) atoms. The normalized spacial score (nSPS) is 11.4. The quantitative estimate of drug-likeness (QED) is 0.450. The second-order valence-corrected chi connectivity index (χ2v) is 6.60. The molecule has 0 fully saturated rings. The predicted molar refractivity (Wildman–Crippen MR) is 103 cm³/mol. The first-order chi connectivity index (χ1) is 13.1. The number of aromatic amines is 1. The number of nitrogens with one attached hydrogen (secondary N) is 2. The Hall–Kier alpha value is -2.74. The maximum Gasteiger partial charge on any atom is 0.329 e. The van der Waals surface area contributed by atoms with Crippen molar-refractivity contribution in [1.82, 2.24) is 10.3 Å². The van der Waals surface area contributed by atoms with E-state index in [0.717, 1.165) is 0 Å². The highest BCUT2D eigenvalue weighted by Crippen LogP contribution is 2.08. The molecule has 0 spiro atoms. The third kappa shape index (κ3) is 7.18. The first-order valence-corrected chi connectivity index (χ1v) is 9.79. The molecule has 2 rings (SSSR count). The topological polar surface area (TPSA) is 97.5 Å². The van der Waals surface area contributed by atoms with E-state index in [1.165, 1.54) is 0 Å². The number of hydrogen-bond donors (Lipinski definition) is 2. The van der Waals surface area contributed by atoms with Gasteiger partial charge >= 0.3 is 5.97 Å². The lowest BCUT2D eigenvalue weighted by Crippen LogP contribution is -2.44. The summed E-state index contributed by atoms with van der Waals surface area (Å²) in [5, 5.41) is 2.61. The first kappa shape index (κ1) is 20.6. The van der Waals surface area contributed by atoms with E-state index in [2.05, 4.69) is 10.3 Å². The number of rotatable bonds is 11. The van der Waals surface area contributed by atoms with E-state index in [9.17, 15) is 14.4 Å². The summed E-state index contributed by atoms with van der Waals surface area (Å²) in [4.78, 5) is 39.0. The van der Waals surface area contributed by atoms with Crippen LogP contribution in [0.15, 0.2) is 48.7 Å². The molecule has 0 aliphatic heterocycles. The number of Topliss-reactive ketones (excluding diaryl/α,β-unsaturated/α-hetero) is 1. The monoisotopic (exact) mass is 390 g/mol. The fourth-order valence-corrected chi connectivity index (χ4v) is 2.68. The molecule has 8 heteroatoms. The zero-order chi connectivity index (χ0) is 19.5. The third-order valence-corrected chi connectivity index (χ3v) is 4.23. The number of carbonyl (C=O) groups excluding carboxylic acids is 3. The van der Waals surface area contributed by atoms with E-state index in [-0.39, 0.29) is 19.0 Å². The van der Waals surface area contributed by atoms with Crippen LogP contribution < -0.4 is 10.1 Å². The molecule has 0 saturated heterocycles. The molecule has 144 valence electrons. The van der Waals surface area contributed by atoms with Gasteiger partial charge in [-0.05, 0) is 42.7 Å². The molecule has 1 heterocycles. The average molecular weight is 390 g/mol. The van der Waals surface area contributed by atoms with Gasteiger partial charge in [-0.15, -0.1) is 0 Å². The summed E-state index contributed by atoms with van der Waals surface area (Å²) in [5.41, 5.74) is 0.365. The van der Waals surface area contributed by atoms with Crippen LogP contribution in [0.1, 0.15) is 16.9 Å². The van der Waals surface area contributed by atoms with Gasteiger partial charge in [-0.3, -0.25) is 9.59 Å². The highest BCUT2D eigenvalue weighted by Gasteiger charge is 2.23. The molecule has 0 aliphatic rings. The van der Waals surface area contributed by atoms with Crippen LogP contribution in [0.4, 0.5) is 0 Å². The van der Waals surface area contributed by atoms with Crippen LogP contribution in [0.25, 0.3) is 0 Å².